The molecule has 1 aliphatic rings. The molecule has 2 unspecified atom stereocenters. The van der Waals surface area contributed by atoms with E-state index in [2.05, 4.69) is 85.8 Å². The van der Waals surface area contributed by atoms with Crippen LogP contribution in [0.2, 0.25) is 0 Å². The van der Waals surface area contributed by atoms with Crippen molar-refractivity contribution < 1.29 is 4.42 Å². The topological polar surface area (TPSA) is 77.6 Å². The van der Waals surface area contributed by atoms with Gasteiger partial charge in [0.2, 0.25) is 0 Å². The minimum atomic E-state index is -0.641. The SMILES string of the molecule is CC1(c2cccc(-c3cc(-c4ccccc4)nc(-c4ccccc4)n3)c2)C=Cc2c(oc3ccccc23)C1c1nc(-c2ccccc2)nc(-c2ccccc2)n1. The quantitative estimate of drug-likeness (QED) is 0.163. The lowest BCUT2D eigenvalue weighted by atomic mass is 9.66. The summed E-state index contributed by atoms with van der Waals surface area (Å²) in [7, 11) is 0. The van der Waals surface area contributed by atoms with E-state index in [1.54, 1.807) is 0 Å². The van der Waals surface area contributed by atoms with E-state index in [1.807, 2.05) is 109 Å². The first-order valence-corrected chi connectivity index (χ1v) is 18.8. The first-order valence-electron chi connectivity index (χ1n) is 18.8. The lowest BCUT2D eigenvalue weighted by molar-refractivity contribution is 0.411. The van der Waals surface area contributed by atoms with Crippen molar-refractivity contribution in [1.82, 2.24) is 24.9 Å². The van der Waals surface area contributed by atoms with Crippen LogP contribution >= 0.6 is 0 Å². The molecule has 0 spiro atoms. The third-order valence-electron chi connectivity index (χ3n) is 10.7. The number of aromatic nitrogens is 5. The molecule has 3 aromatic heterocycles. The molecule has 0 bridgehead atoms. The second-order valence-corrected chi connectivity index (χ2v) is 14.3. The number of rotatable bonds is 7. The summed E-state index contributed by atoms with van der Waals surface area (Å²) in [5, 5.41) is 1.06. The number of fused-ring (bicyclic) bond motifs is 3. The summed E-state index contributed by atoms with van der Waals surface area (Å²) in [6.45, 7) is 2.25. The van der Waals surface area contributed by atoms with Gasteiger partial charge in [-0.1, -0.05) is 177 Å². The molecule has 6 heteroatoms. The zero-order chi connectivity index (χ0) is 37.5. The zero-order valence-corrected chi connectivity index (χ0v) is 30.6. The molecule has 0 aliphatic heterocycles. The third-order valence-corrected chi connectivity index (χ3v) is 10.7. The Labute approximate surface area is 325 Å². The summed E-state index contributed by atoms with van der Waals surface area (Å²) in [5.74, 6) is 2.96. The van der Waals surface area contributed by atoms with Gasteiger partial charge in [0.25, 0.3) is 0 Å². The monoisotopic (exact) mass is 721 g/mol. The van der Waals surface area contributed by atoms with Gasteiger partial charge in [-0.15, -0.1) is 0 Å². The maximum Gasteiger partial charge on any atom is 0.163 e. The predicted molar refractivity (Wildman–Crippen MR) is 223 cm³/mol. The largest absolute Gasteiger partial charge is 0.460 e. The minimum absolute atomic E-state index is 0.400. The van der Waals surface area contributed by atoms with Crippen molar-refractivity contribution in [2.24, 2.45) is 0 Å². The van der Waals surface area contributed by atoms with Crippen LogP contribution in [0.15, 0.2) is 186 Å². The van der Waals surface area contributed by atoms with E-state index in [0.717, 1.165) is 67.1 Å². The maximum atomic E-state index is 6.84. The summed E-state index contributed by atoms with van der Waals surface area (Å²) in [4.78, 5) is 25.8. The smallest absolute Gasteiger partial charge is 0.163 e. The highest BCUT2D eigenvalue weighted by Gasteiger charge is 2.44. The summed E-state index contributed by atoms with van der Waals surface area (Å²) >= 11 is 0. The molecular formula is C50H35N5O. The highest BCUT2D eigenvalue weighted by atomic mass is 16.3. The molecule has 10 rings (SSSR count). The fourth-order valence-electron chi connectivity index (χ4n) is 7.78. The molecule has 2 atom stereocenters. The van der Waals surface area contributed by atoms with E-state index in [-0.39, 0.29) is 0 Å². The molecule has 0 fully saturated rings. The number of hydrogen-bond donors (Lipinski definition) is 0. The van der Waals surface area contributed by atoms with Gasteiger partial charge >= 0.3 is 0 Å². The highest BCUT2D eigenvalue weighted by Crippen LogP contribution is 2.51. The summed E-state index contributed by atoms with van der Waals surface area (Å²) in [6.07, 6.45) is 4.49. The van der Waals surface area contributed by atoms with Crippen LogP contribution < -0.4 is 0 Å². The second-order valence-electron chi connectivity index (χ2n) is 14.3. The number of para-hydroxylation sites is 1. The van der Waals surface area contributed by atoms with E-state index in [0.29, 0.717) is 23.3 Å². The van der Waals surface area contributed by atoms with Crippen molar-refractivity contribution in [3.05, 3.63) is 205 Å². The molecule has 56 heavy (non-hydrogen) atoms. The number of nitrogens with zero attached hydrogens (tertiary/aromatic N) is 5. The van der Waals surface area contributed by atoms with E-state index >= 15 is 0 Å². The molecule has 0 N–H and O–H groups in total. The Hall–Kier alpha value is -7.31. The molecule has 3 heterocycles. The highest BCUT2D eigenvalue weighted by molar-refractivity contribution is 5.90. The molecule has 1 aliphatic carbocycles. The first kappa shape index (κ1) is 33.3. The van der Waals surface area contributed by atoms with Gasteiger partial charge in [0.15, 0.2) is 17.5 Å². The van der Waals surface area contributed by atoms with Crippen LogP contribution in [0.1, 0.15) is 35.6 Å². The van der Waals surface area contributed by atoms with Crippen LogP contribution in [0, 0.1) is 0 Å². The number of furan rings is 1. The predicted octanol–water partition coefficient (Wildman–Crippen LogP) is 11.9. The second kappa shape index (κ2) is 13.8. The van der Waals surface area contributed by atoms with Gasteiger partial charge in [-0.2, -0.15) is 0 Å². The van der Waals surface area contributed by atoms with Gasteiger partial charge in [-0.3, -0.25) is 0 Å². The average molecular weight is 722 g/mol. The molecule has 0 amide bonds. The van der Waals surface area contributed by atoms with Gasteiger partial charge in [0.05, 0.1) is 17.3 Å². The Kier molecular flexibility index (Phi) is 8.22. The van der Waals surface area contributed by atoms with Crippen LogP contribution in [-0.2, 0) is 5.41 Å². The van der Waals surface area contributed by atoms with Gasteiger partial charge in [0, 0.05) is 44.2 Å². The number of benzene rings is 6. The van der Waals surface area contributed by atoms with E-state index < -0.39 is 11.3 Å². The maximum absolute atomic E-state index is 6.84. The van der Waals surface area contributed by atoms with E-state index in [9.17, 15) is 0 Å². The van der Waals surface area contributed by atoms with Crippen molar-refractivity contribution in [1.29, 1.82) is 0 Å². The van der Waals surface area contributed by atoms with Gasteiger partial charge in [0.1, 0.15) is 17.2 Å². The van der Waals surface area contributed by atoms with Crippen LogP contribution in [0.3, 0.4) is 0 Å². The molecular weight excluding hydrogens is 687 g/mol. The zero-order valence-electron chi connectivity index (χ0n) is 30.6. The fraction of sp³-hybridized carbons (Fsp3) is 0.0600. The molecule has 9 aromatic rings. The van der Waals surface area contributed by atoms with Crippen LogP contribution in [0.5, 0.6) is 0 Å². The molecule has 6 aromatic carbocycles. The van der Waals surface area contributed by atoms with Gasteiger partial charge < -0.3 is 4.42 Å². The Morgan fingerprint density at radius 3 is 1.57 bits per heavy atom. The van der Waals surface area contributed by atoms with Crippen molar-refractivity contribution in [2.45, 2.75) is 18.3 Å². The minimum Gasteiger partial charge on any atom is -0.460 e. The van der Waals surface area contributed by atoms with Gasteiger partial charge in [-0.05, 0) is 23.8 Å². The Balaban J connectivity index is 1.18. The Morgan fingerprint density at radius 2 is 0.964 bits per heavy atom. The summed E-state index contributed by atoms with van der Waals surface area (Å²) in [5.41, 5.74) is 8.80. The van der Waals surface area contributed by atoms with Crippen LogP contribution in [0.25, 0.3) is 73.7 Å². The molecule has 0 saturated heterocycles. The van der Waals surface area contributed by atoms with Crippen molar-refractivity contribution in [3.63, 3.8) is 0 Å². The lowest BCUT2D eigenvalue weighted by Gasteiger charge is -2.37. The molecule has 0 radical (unpaired) electrons. The standard InChI is InChI=1S/C50H35N5O/c1-50(38-26-16-25-37(31-38)42-32-41(33-17-6-2-7-18-33)51-46(52-42)34-19-8-3-9-20-34)30-29-40-39-27-14-15-28-43(39)56-45(40)44(50)49-54-47(35-21-10-4-11-22-35)53-48(55-49)36-23-12-5-13-24-36/h2-32,44H,1H3. The van der Waals surface area contributed by atoms with Crippen molar-refractivity contribution >= 4 is 17.0 Å². The number of allylic oxidation sites excluding steroid dienone is 1. The van der Waals surface area contributed by atoms with E-state index in [1.165, 1.54) is 0 Å². The lowest BCUT2D eigenvalue weighted by Crippen LogP contribution is -2.33. The summed E-state index contributed by atoms with van der Waals surface area (Å²) < 4.78 is 6.84. The van der Waals surface area contributed by atoms with Crippen LogP contribution in [0.4, 0.5) is 0 Å². The van der Waals surface area contributed by atoms with Crippen LogP contribution in [-0.4, -0.2) is 24.9 Å². The Morgan fingerprint density at radius 1 is 0.464 bits per heavy atom. The molecule has 266 valence electrons. The number of hydrogen-bond acceptors (Lipinski definition) is 6. The first-order chi connectivity index (χ1) is 27.6. The van der Waals surface area contributed by atoms with E-state index in [4.69, 9.17) is 29.3 Å². The molecule has 0 saturated carbocycles. The third kappa shape index (κ3) is 5.98. The molecule has 6 nitrogen and oxygen atoms in total. The van der Waals surface area contributed by atoms with Crippen molar-refractivity contribution in [3.8, 4) is 56.7 Å². The van der Waals surface area contributed by atoms with Crippen molar-refractivity contribution in [2.75, 3.05) is 0 Å². The fourth-order valence-corrected chi connectivity index (χ4v) is 7.78. The normalized spacial score (nSPS) is 16.1. The van der Waals surface area contributed by atoms with Gasteiger partial charge in [-0.25, -0.2) is 24.9 Å². The Bertz CT molecular complexity index is 2760. The average Bonchev–Trinajstić information content (AvgIpc) is 3.65. The summed E-state index contributed by atoms with van der Waals surface area (Å²) in [6, 6.07) is 59.6.